The first kappa shape index (κ1) is 26.9. The minimum Gasteiger partial charge on any atom is -0.339 e. The van der Waals surface area contributed by atoms with E-state index in [1.807, 2.05) is 0 Å². The monoisotopic (exact) mass is 566 g/mol. The number of benzene rings is 1. The maximum Gasteiger partial charge on any atom is 0.389 e. The van der Waals surface area contributed by atoms with Crippen LogP contribution in [-0.4, -0.2) is 80.6 Å². The van der Waals surface area contributed by atoms with E-state index < -0.39 is 48.6 Å². The molecule has 5 rings (SSSR count). The number of rotatable bonds is 6. The predicted octanol–water partition coefficient (Wildman–Crippen LogP) is 3.94. The highest BCUT2D eigenvalue weighted by atomic mass is 35.5. The molecule has 0 aliphatic carbocycles. The van der Waals surface area contributed by atoms with Crippen molar-refractivity contribution >= 4 is 45.9 Å². The van der Waals surface area contributed by atoms with Crippen LogP contribution < -0.4 is 4.90 Å². The number of pyridine rings is 1. The molecule has 3 aromatic rings. The van der Waals surface area contributed by atoms with Gasteiger partial charge in [0.2, 0.25) is 5.91 Å². The highest BCUT2D eigenvalue weighted by Gasteiger charge is 2.54. The van der Waals surface area contributed by atoms with Crippen LogP contribution in [0.4, 0.5) is 23.2 Å². The number of H-pyrrole nitrogens is 1. The van der Waals surface area contributed by atoms with Gasteiger partial charge in [0.05, 0.1) is 31.4 Å². The summed E-state index contributed by atoms with van der Waals surface area (Å²) in [6.07, 6.45) is -3.23. The van der Waals surface area contributed by atoms with Crippen LogP contribution in [0.25, 0.3) is 11.0 Å². The molecule has 1 N–H and O–H groups in total. The number of hydrogen-bond acceptors (Lipinski definition) is 6. The molecule has 9 nitrogen and oxygen atoms in total. The van der Waals surface area contributed by atoms with Crippen molar-refractivity contribution in [2.45, 2.75) is 37.4 Å². The third kappa shape index (κ3) is 5.40. The summed E-state index contributed by atoms with van der Waals surface area (Å²) >= 11 is 6.07. The van der Waals surface area contributed by atoms with E-state index in [-0.39, 0.29) is 43.5 Å². The Balaban J connectivity index is 1.37. The second-order valence-electron chi connectivity index (χ2n) is 9.71. The van der Waals surface area contributed by atoms with Crippen molar-refractivity contribution in [2.24, 2.45) is 0 Å². The van der Waals surface area contributed by atoms with Crippen LogP contribution in [0, 0.1) is 5.82 Å². The Bertz CT molecular complexity index is 1420. The number of carbonyl (C=O) groups excluding carboxylic acids is 3. The molecule has 0 unspecified atom stereocenters. The summed E-state index contributed by atoms with van der Waals surface area (Å²) in [5.74, 6) is -2.11. The summed E-state index contributed by atoms with van der Waals surface area (Å²) in [4.78, 5) is 47.8. The number of carbonyl (C=O) groups is 3. The highest BCUT2D eigenvalue weighted by molar-refractivity contribution is 6.30. The van der Waals surface area contributed by atoms with Crippen molar-refractivity contribution in [3.63, 3.8) is 0 Å². The molecule has 1 spiro atoms. The third-order valence-electron chi connectivity index (χ3n) is 7.14. The van der Waals surface area contributed by atoms with Crippen LogP contribution in [0.3, 0.4) is 0 Å². The second kappa shape index (κ2) is 10.1. The average molecular weight is 567 g/mol. The smallest absolute Gasteiger partial charge is 0.339 e. The molecule has 2 aromatic heterocycles. The molecule has 4 heterocycles. The zero-order valence-corrected chi connectivity index (χ0v) is 21.2. The first-order valence-corrected chi connectivity index (χ1v) is 12.5. The minimum atomic E-state index is -4.49. The van der Waals surface area contributed by atoms with E-state index in [2.05, 4.69) is 15.2 Å². The van der Waals surface area contributed by atoms with Crippen molar-refractivity contribution < 1.29 is 31.9 Å². The van der Waals surface area contributed by atoms with Crippen molar-refractivity contribution in [3.8, 4) is 0 Å². The maximum atomic E-state index is 14.3. The van der Waals surface area contributed by atoms with Crippen molar-refractivity contribution in [1.82, 2.24) is 25.0 Å². The number of anilines is 1. The largest absolute Gasteiger partial charge is 0.389 e. The molecule has 206 valence electrons. The fourth-order valence-electron chi connectivity index (χ4n) is 5.20. The number of aromatic amines is 1. The van der Waals surface area contributed by atoms with Crippen LogP contribution in [-0.2, 0) is 9.59 Å². The van der Waals surface area contributed by atoms with Gasteiger partial charge in [-0.15, -0.1) is 0 Å². The molecule has 1 aromatic carbocycles. The number of Topliss-reactive ketones (excluding diaryl/α,β-unsaturated/α-hetero) is 1. The van der Waals surface area contributed by atoms with E-state index in [0.29, 0.717) is 22.3 Å². The number of piperidine rings is 1. The first-order valence-electron chi connectivity index (χ1n) is 12.2. The van der Waals surface area contributed by atoms with Crippen LogP contribution in [0.1, 0.15) is 36.0 Å². The standard InChI is InChI=1S/C25H23ClF4N6O3/c26-17-8-18(27)10-19(9-17)36-14-35(13-20(37)1-2-25(28,29)30)23(39)24(36)3-5-34(6-4-24)22(38)16-7-15-12-32-33-21(15)31-11-16/h7-12H,1-6,13-14H2,(H,31,32,33). The Morgan fingerprint density at radius 2 is 1.85 bits per heavy atom. The number of nitrogens with one attached hydrogen (secondary N) is 1. The fraction of sp³-hybridized carbons (Fsp3) is 0.400. The van der Waals surface area contributed by atoms with Gasteiger partial charge in [0.25, 0.3) is 5.91 Å². The molecule has 2 aliphatic rings. The Morgan fingerprint density at radius 1 is 1.10 bits per heavy atom. The van der Waals surface area contributed by atoms with Gasteiger partial charge in [-0.2, -0.15) is 18.3 Å². The lowest BCUT2D eigenvalue weighted by Gasteiger charge is -2.43. The maximum absolute atomic E-state index is 14.3. The van der Waals surface area contributed by atoms with E-state index in [1.165, 1.54) is 23.2 Å². The topological polar surface area (TPSA) is 102 Å². The number of likely N-dealkylation sites (tertiary alicyclic amines) is 1. The summed E-state index contributed by atoms with van der Waals surface area (Å²) in [7, 11) is 0. The van der Waals surface area contributed by atoms with E-state index >= 15 is 0 Å². The highest BCUT2D eigenvalue weighted by Crippen LogP contribution is 2.41. The Hall–Kier alpha value is -3.74. The number of alkyl halides is 3. The lowest BCUT2D eigenvalue weighted by molar-refractivity contribution is -0.145. The normalized spacial score (nSPS) is 17.5. The van der Waals surface area contributed by atoms with Gasteiger partial charge in [0.15, 0.2) is 11.4 Å². The quantitative estimate of drug-likeness (QED) is 0.454. The predicted molar refractivity (Wildman–Crippen MR) is 133 cm³/mol. The van der Waals surface area contributed by atoms with Gasteiger partial charge < -0.3 is 14.7 Å². The Kier molecular flexibility index (Phi) is 6.95. The van der Waals surface area contributed by atoms with Crippen LogP contribution in [0.2, 0.25) is 5.02 Å². The molecular formula is C25H23ClF4N6O3. The summed E-state index contributed by atoms with van der Waals surface area (Å²) in [6, 6.07) is 5.46. The molecule has 14 heteroatoms. The van der Waals surface area contributed by atoms with Gasteiger partial charge in [-0.3, -0.25) is 19.5 Å². The van der Waals surface area contributed by atoms with E-state index in [4.69, 9.17) is 11.6 Å². The molecule has 39 heavy (non-hydrogen) atoms. The summed E-state index contributed by atoms with van der Waals surface area (Å²) in [6.45, 7) is -0.298. The fourth-order valence-corrected chi connectivity index (χ4v) is 5.41. The summed E-state index contributed by atoms with van der Waals surface area (Å²) in [5.41, 5.74) is -0.0449. The lowest BCUT2D eigenvalue weighted by atomic mass is 9.85. The second-order valence-corrected chi connectivity index (χ2v) is 10.1. The van der Waals surface area contributed by atoms with E-state index in [1.54, 1.807) is 22.1 Å². The van der Waals surface area contributed by atoms with Crippen molar-refractivity contribution in [2.75, 3.05) is 31.2 Å². The number of hydrogen-bond donors (Lipinski definition) is 1. The van der Waals surface area contributed by atoms with Crippen molar-refractivity contribution in [3.05, 3.63) is 53.1 Å². The Morgan fingerprint density at radius 3 is 2.54 bits per heavy atom. The molecule has 0 saturated carbocycles. The molecule has 2 aliphatic heterocycles. The third-order valence-corrected chi connectivity index (χ3v) is 7.36. The van der Waals surface area contributed by atoms with Gasteiger partial charge in [-0.05, 0) is 37.1 Å². The molecule has 2 amide bonds. The number of halogens is 5. The number of amides is 2. The summed E-state index contributed by atoms with van der Waals surface area (Å²) < 4.78 is 52.1. The van der Waals surface area contributed by atoms with E-state index in [9.17, 15) is 31.9 Å². The SMILES string of the molecule is O=C(CCC(F)(F)F)CN1CN(c2cc(F)cc(Cl)c2)C2(CCN(C(=O)c3cnc4[nH]ncc4c3)CC2)C1=O. The van der Waals surface area contributed by atoms with Gasteiger partial charge in [0, 0.05) is 41.8 Å². The van der Waals surface area contributed by atoms with Crippen molar-refractivity contribution in [1.29, 1.82) is 0 Å². The van der Waals surface area contributed by atoms with Crippen LogP contribution in [0.15, 0.2) is 36.7 Å². The number of fused-ring (bicyclic) bond motifs is 1. The molecule has 0 atom stereocenters. The molecule has 0 radical (unpaired) electrons. The first-order chi connectivity index (χ1) is 18.4. The van der Waals surface area contributed by atoms with Gasteiger partial charge >= 0.3 is 6.18 Å². The number of nitrogens with zero attached hydrogens (tertiary/aromatic N) is 5. The Labute approximate surface area is 224 Å². The zero-order valence-electron chi connectivity index (χ0n) is 20.5. The minimum absolute atomic E-state index is 0.0991. The zero-order chi connectivity index (χ0) is 27.9. The number of aromatic nitrogens is 3. The lowest BCUT2D eigenvalue weighted by Crippen LogP contribution is -2.57. The van der Waals surface area contributed by atoms with Crippen LogP contribution in [0.5, 0.6) is 0 Å². The molecule has 2 fully saturated rings. The van der Waals surface area contributed by atoms with Gasteiger partial charge in [0.1, 0.15) is 11.4 Å². The van der Waals surface area contributed by atoms with Crippen LogP contribution >= 0.6 is 11.6 Å². The molecule has 2 saturated heterocycles. The molecule has 0 bridgehead atoms. The molecular weight excluding hydrogens is 544 g/mol. The number of ketones is 1. The van der Waals surface area contributed by atoms with E-state index in [0.717, 1.165) is 6.07 Å². The average Bonchev–Trinajstić information content (AvgIpc) is 3.45. The summed E-state index contributed by atoms with van der Waals surface area (Å²) in [5, 5.41) is 7.38. The van der Waals surface area contributed by atoms with Gasteiger partial charge in [-0.25, -0.2) is 9.37 Å². The van der Waals surface area contributed by atoms with Gasteiger partial charge in [-0.1, -0.05) is 11.6 Å².